The van der Waals surface area contributed by atoms with E-state index in [1.807, 2.05) is 17.8 Å². The van der Waals surface area contributed by atoms with Gasteiger partial charge in [-0.1, -0.05) is 0 Å². The van der Waals surface area contributed by atoms with Gasteiger partial charge in [-0.05, 0) is 19.8 Å². The fourth-order valence-electron chi connectivity index (χ4n) is 3.38. The van der Waals surface area contributed by atoms with Crippen LogP contribution in [0, 0.1) is 6.92 Å². The number of halogens is 3. The summed E-state index contributed by atoms with van der Waals surface area (Å²) in [5.41, 5.74) is 0.508. The van der Waals surface area contributed by atoms with Crippen LogP contribution < -0.4 is 10.6 Å². The number of methoxy groups -OCH3 is 1. The molecular weight excluding hydrogens is 387 g/mol. The molecule has 2 aromatic heterocycles. The third-order valence-corrected chi connectivity index (χ3v) is 5.04. The quantitative estimate of drug-likeness (QED) is 0.722. The molecule has 0 aliphatic carbocycles. The van der Waals surface area contributed by atoms with Crippen LogP contribution in [0.3, 0.4) is 0 Å². The van der Waals surface area contributed by atoms with E-state index in [0.29, 0.717) is 5.69 Å². The first-order chi connectivity index (χ1) is 13.8. The summed E-state index contributed by atoms with van der Waals surface area (Å²) in [5.74, 6) is -0.192. The molecule has 1 saturated heterocycles. The van der Waals surface area contributed by atoms with Crippen LogP contribution in [-0.2, 0) is 10.9 Å². The highest BCUT2D eigenvalue weighted by molar-refractivity contribution is 5.57. The third kappa shape index (κ3) is 5.15. The number of aryl methyl sites for hydroxylation is 1. The molecule has 0 aromatic carbocycles. The SMILES string of the molecule is CNc1nc(Nc2cn(C3CCN(CCOC)CC3)nc2C)ncc1C(F)(F)F. The van der Waals surface area contributed by atoms with Crippen LogP contribution in [0.5, 0.6) is 0 Å². The molecule has 2 aromatic rings. The van der Waals surface area contributed by atoms with Crippen molar-refractivity contribution in [2.75, 3.05) is 51.0 Å². The lowest BCUT2D eigenvalue weighted by Gasteiger charge is -2.31. The number of anilines is 3. The van der Waals surface area contributed by atoms with Gasteiger partial charge in [-0.3, -0.25) is 4.68 Å². The van der Waals surface area contributed by atoms with Crippen molar-refractivity contribution >= 4 is 17.5 Å². The van der Waals surface area contributed by atoms with Gasteiger partial charge in [-0.2, -0.15) is 23.3 Å². The number of hydrogen-bond donors (Lipinski definition) is 2. The van der Waals surface area contributed by atoms with Crippen LogP contribution in [0.4, 0.5) is 30.6 Å². The summed E-state index contributed by atoms with van der Waals surface area (Å²) >= 11 is 0. The van der Waals surface area contributed by atoms with Gasteiger partial charge in [0.05, 0.1) is 24.0 Å². The molecule has 160 valence electrons. The van der Waals surface area contributed by atoms with Gasteiger partial charge in [0.1, 0.15) is 11.4 Å². The Balaban J connectivity index is 1.68. The molecule has 1 aliphatic rings. The molecule has 0 bridgehead atoms. The van der Waals surface area contributed by atoms with Gasteiger partial charge < -0.3 is 20.3 Å². The second kappa shape index (κ2) is 8.95. The minimum Gasteiger partial charge on any atom is -0.383 e. The van der Waals surface area contributed by atoms with Gasteiger partial charge in [0.25, 0.3) is 0 Å². The van der Waals surface area contributed by atoms with Crippen LogP contribution in [0.1, 0.15) is 30.1 Å². The van der Waals surface area contributed by atoms with Gasteiger partial charge in [0, 0.05) is 46.2 Å². The summed E-state index contributed by atoms with van der Waals surface area (Å²) in [6.45, 7) is 5.44. The zero-order valence-electron chi connectivity index (χ0n) is 16.8. The van der Waals surface area contributed by atoms with Gasteiger partial charge in [-0.15, -0.1) is 0 Å². The van der Waals surface area contributed by atoms with E-state index < -0.39 is 11.7 Å². The topological polar surface area (TPSA) is 80.1 Å². The third-order valence-electron chi connectivity index (χ3n) is 5.04. The predicted molar refractivity (Wildman–Crippen MR) is 103 cm³/mol. The Kier molecular flexibility index (Phi) is 6.58. The number of piperidine rings is 1. The highest BCUT2D eigenvalue weighted by Gasteiger charge is 2.35. The molecule has 0 spiro atoms. The standard InChI is InChI=1S/C18H26F3N7O/c1-12-15(24-17-23-10-14(18(19,20)21)16(22-2)25-17)11-28(26-12)13-4-6-27(7-5-13)8-9-29-3/h10-11,13H,4-9H2,1-3H3,(H2,22,23,24,25). The Labute approximate surface area is 167 Å². The number of rotatable bonds is 7. The van der Waals surface area contributed by atoms with Crippen molar-refractivity contribution in [1.29, 1.82) is 0 Å². The summed E-state index contributed by atoms with van der Waals surface area (Å²) in [6, 6.07) is 0.282. The lowest BCUT2D eigenvalue weighted by atomic mass is 10.1. The van der Waals surface area contributed by atoms with Crippen molar-refractivity contribution in [3.05, 3.63) is 23.7 Å². The number of ether oxygens (including phenoxy) is 1. The molecule has 2 N–H and O–H groups in total. The van der Waals surface area contributed by atoms with E-state index in [-0.39, 0.29) is 17.8 Å². The summed E-state index contributed by atoms with van der Waals surface area (Å²) in [5, 5.41) is 10.0. The van der Waals surface area contributed by atoms with Crippen LogP contribution in [-0.4, -0.2) is 65.0 Å². The summed E-state index contributed by atoms with van der Waals surface area (Å²) < 4.78 is 46.1. The number of nitrogens with one attached hydrogen (secondary N) is 2. The smallest absolute Gasteiger partial charge is 0.383 e. The lowest BCUT2D eigenvalue weighted by Crippen LogP contribution is -2.36. The maximum Gasteiger partial charge on any atom is 0.421 e. The number of aromatic nitrogens is 4. The van der Waals surface area contributed by atoms with E-state index >= 15 is 0 Å². The Morgan fingerprint density at radius 2 is 2.00 bits per heavy atom. The number of alkyl halides is 3. The van der Waals surface area contributed by atoms with Crippen molar-refractivity contribution in [1.82, 2.24) is 24.6 Å². The van der Waals surface area contributed by atoms with E-state index in [9.17, 15) is 13.2 Å². The largest absolute Gasteiger partial charge is 0.421 e. The van der Waals surface area contributed by atoms with Crippen molar-refractivity contribution in [3.63, 3.8) is 0 Å². The molecule has 1 aliphatic heterocycles. The van der Waals surface area contributed by atoms with Gasteiger partial charge >= 0.3 is 6.18 Å². The summed E-state index contributed by atoms with van der Waals surface area (Å²) in [7, 11) is 3.09. The fourth-order valence-corrected chi connectivity index (χ4v) is 3.38. The van der Waals surface area contributed by atoms with Gasteiger partial charge in [-0.25, -0.2) is 4.98 Å². The Morgan fingerprint density at radius 1 is 1.28 bits per heavy atom. The minimum absolute atomic E-state index is 0.0828. The monoisotopic (exact) mass is 413 g/mol. The van der Waals surface area contributed by atoms with Crippen molar-refractivity contribution in [2.24, 2.45) is 0 Å². The maximum atomic E-state index is 13.0. The highest BCUT2D eigenvalue weighted by Crippen LogP contribution is 2.34. The molecule has 8 nitrogen and oxygen atoms in total. The molecule has 0 atom stereocenters. The fraction of sp³-hybridized carbons (Fsp3) is 0.611. The number of hydrogen-bond acceptors (Lipinski definition) is 7. The molecule has 1 fully saturated rings. The van der Waals surface area contributed by atoms with Crippen LogP contribution in [0.15, 0.2) is 12.4 Å². The second-order valence-electron chi connectivity index (χ2n) is 7.00. The highest BCUT2D eigenvalue weighted by atomic mass is 19.4. The zero-order valence-corrected chi connectivity index (χ0v) is 16.8. The summed E-state index contributed by atoms with van der Waals surface area (Å²) in [6.07, 6.45) is 0.0766. The van der Waals surface area contributed by atoms with Crippen LogP contribution in [0.2, 0.25) is 0 Å². The molecular formula is C18H26F3N7O. The second-order valence-corrected chi connectivity index (χ2v) is 7.00. The Hall–Kier alpha value is -2.40. The van der Waals surface area contributed by atoms with E-state index in [1.54, 1.807) is 7.11 Å². The zero-order chi connectivity index (χ0) is 21.0. The molecule has 0 amide bonds. The Bertz CT molecular complexity index is 816. The average Bonchev–Trinajstić information content (AvgIpc) is 3.06. The first-order valence-corrected chi connectivity index (χ1v) is 9.48. The van der Waals surface area contributed by atoms with Crippen molar-refractivity contribution in [3.8, 4) is 0 Å². The molecule has 0 saturated carbocycles. The molecule has 3 heterocycles. The minimum atomic E-state index is -4.52. The Morgan fingerprint density at radius 3 is 2.62 bits per heavy atom. The van der Waals surface area contributed by atoms with Gasteiger partial charge in [0.2, 0.25) is 5.95 Å². The average molecular weight is 413 g/mol. The number of likely N-dealkylation sites (tertiary alicyclic amines) is 1. The summed E-state index contributed by atoms with van der Waals surface area (Å²) in [4.78, 5) is 10.1. The lowest BCUT2D eigenvalue weighted by molar-refractivity contribution is -0.137. The van der Waals surface area contributed by atoms with E-state index in [0.717, 1.165) is 51.0 Å². The van der Waals surface area contributed by atoms with Gasteiger partial charge in [0.15, 0.2) is 0 Å². The van der Waals surface area contributed by atoms with E-state index in [2.05, 4.69) is 30.6 Å². The van der Waals surface area contributed by atoms with Crippen LogP contribution in [0.25, 0.3) is 0 Å². The molecule has 11 heteroatoms. The van der Waals surface area contributed by atoms with E-state index in [1.165, 1.54) is 7.05 Å². The first-order valence-electron chi connectivity index (χ1n) is 9.48. The van der Waals surface area contributed by atoms with Crippen molar-refractivity contribution < 1.29 is 17.9 Å². The maximum absolute atomic E-state index is 13.0. The molecule has 29 heavy (non-hydrogen) atoms. The predicted octanol–water partition coefficient (Wildman–Crippen LogP) is 3.07. The molecule has 0 radical (unpaired) electrons. The normalized spacial score (nSPS) is 16.2. The first kappa shape index (κ1) is 21.3. The van der Waals surface area contributed by atoms with Crippen LogP contribution >= 0.6 is 0 Å². The molecule has 3 rings (SSSR count). The number of nitrogens with zero attached hydrogens (tertiary/aromatic N) is 5. The van der Waals surface area contributed by atoms with Crippen molar-refractivity contribution in [2.45, 2.75) is 32.0 Å². The molecule has 0 unspecified atom stereocenters. The van der Waals surface area contributed by atoms with E-state index in [4.69, 9.17) is 4.74 Å².